The van der Waals surface area contributed by atoms with Crippen molar-refractivity contribution >= 4 is 55.6 Å². The van der Waals surface area contributed by atoms with Gasteiger partial charge in [0.05, 0.1) is 34.8 Å². The molecule has 1 aliphatic heterocycles. The van der Waals surface area contributed by atoms with Gasteiger partial charge < -0.3 is 35.8 Å². The molecule has 0 radical (unpaired) electrons. The molecule has 1 aromatic heterocycles. The van der Waals surface area contributed by atoms with Gasteiger partial charge in [-0.25, -0.2) is 13.4 Å². The van der Waals surface area contributed by atoms with E-state index in [9.17, 15) is 23.1 Å². The van der Waals surface area contributed by atoms with Gasteiger partial charge in [-0.2, -0.15) is 0 Å². The predicted octanol–water partition coefficient (Wildman–Crippen LogP) is 5.97. The smallest absolute Gasteiger partial charge is 0.309 e. The molecule has 3 atom stereocenters. The van der Waals surface area contributed by atoms with Crippen LogP contribution in [0.5, 0.6) is 11.5 Å². The van der Waals surface area contributed by atoms with Crippen LogP contribution in [0.25, 0.3) is 10.8 Å². The molecule has 1 unspecified atom stereocenters. The third-order valence-electron chi connectivity index (χ3n) is 8.89. The second-order valence-corrected chi connectivity index (χ2v) is 15.7. The summed E-state index contributed by atoms with van der Waals surface area (Å²) in [5.74, 6) is -1.96. The van der Waals surface area contributed by atoms with Crippen LogP contribution in [0.4, 0.5) is 17.2 Å². The van der Waals surface area contributed by atoms with Crippen molar-refractivity contribution in [3.05, 3.63) is 78.0 Å². The highest BCUT2D eigenvalue weighted by molar-refractivity contribution is 7.92. The number of pyridine rings is 1. The number of ether oxygens (including phenoxy) is 2. The summed E-state index contributed by atoms with van der Waals surface area (Å²) in [6, 6.07) is 14.4. The first-order valence-corrected chi connectivity index (χ1v) is 18.7. The number of nitrogen functional groups attached to an aromatic ring is 1. The molecule has 2 amide bonds. The van der Waals surface area contributed by atoms with Crippen molar-refractivity contribution in [3.8, 4) is 11.5 Å². The molecule has 1 fully saturated rings. The van der Waals surface area contributed by atoms with Crippen molar-refractivity contribution in [2.45, 2.75) is 76.3 Å². The quantitative estimate of drug-likeness (QED) is 0.127. The van der Waals surface area contributed by atoms with Crippen LogP contribution in [-0.2, 0) is 24.2 Å². The van der Waals surface area contributed by atoms with E-state index < -0.39 is 50.9 Å². The van der Waals surface area contributed by atoms with Crippen molar-refractivity contribution in [1.29, 1.82) is 0 Å². The van der Waals surface area contributed by atoms with E-state index >= 15 is 4.79 Å². The highest BCUT2D eigenvalue weighted by atomic mass is 32.2. The fourth-order valence-electron chi connectivity index (χ4n) is 6.49. The molecule has 2 heterocycles. The molecule has 0 saturated carbocycles. The molecule has 5 N–H and O–H groups in total. The number of anilines is 3. The van der Waals surface area contributed by atoms with Crippen molar-refractivity contribution < 1.29 is 37.4 Å². The molecule has 5 rings (SSSR count). The van der Waals surface area contributed by atoms with E-state index in [4.69, 9.17) is 15.2 Å². The Morgan fingerprint density at radius 3 is 2.38 bits per heavy atom. The van der Waals surface area contributed by atoms with Gasteiger partial charge in [-0.3, -0.25) is 14.4 Å². The molecular formula is C38H45N5O8S. The maximum Gasteiger partial charge on any atom is 0.309 e. The van der Waals surface area contributed by atoms with Gasteiger partial charge in [-0.15, -0.1) is 0 Å². The third kappa shape index (κ3) is 7.91. The molecule has 1 aliphatic rings. The van der Waals surface area contributed by atoms with E-state index in [-0.39, 0.29) is 35.2 Å². The summed E-state index contributed by atoms with van der Waals surface area (Å²) in [5.41, 5.74) is 7.55. The van der Waals surface area contributed by atoms with E-state index in [0.29, 0.717) is 35.2 Å². The summed E-state index contributed by atoms with van der Waals surface area (Å²) in [7, 11) is -3.97. The van der Waals surface area contributed by atoms with Crippen LogP contribution in [0.15, 0.2) is 71.8 Å². The first-order chi connectivity index (χ1) is 24.6. The van der Waals surface area contributed by atoms with E-state index in [1.54, 1.807) is 42.6 Å². The number of nitrogens with one attached hydrogen (secondary N) is 2. The normalized spacial score (nSPS) is 16.6. The lowest BCUT2D eigenvalue weighted by Crippen LogP contribution is -2.40. The topological polar surface area (TPSA) is 190 Å². The zero-order valence-electron chi connectivity index (χ0n) is 30.0. The Labute approximate surface area is 303 Å². The summed E-state index contributed by atoms with van der Waals surface area (Å²) < 4.78 is 39.4. The van der Waals surface area contributed by atoms with Crippen LogP contribution in [0.3, 0.4) is 0 Å². The monoisotopic (exact) mass is 731 g/mol. The molecule has 52 heavy (non-hydrogen) atoms. The molecule has 13 nitrogen and oxygen atoms in total. The SMILES string of the molecule is CCOc1cc(C(Nc2ccc3c(N)nccc3c2)C(=O)N2CC[C@H](C(=O)O)[C@H]2c2cc(NC(C)=O)ccc2S(=O)(=O)C(C)C)ccc1OC(C)C. The first-order valence-electron chi connectivity index (χ1n) is 17.1. The number of nitrogens with zero attached hydrogens (tertiary/aromatic N) is 2. The number of sulfone groups is 1. The largest absolute Gasteiger partial charge is 0.490 e. The van der Waals surface area contributed by atoms with Gasteiger partial charge in [0, 0.05) is 36.4 Å². The fraction of sp³-hybridized carbons (Fsp3) is 0.368. The summed E-state index contributed by atoms with van der Waals surface area (Å²) >= 11 is 0. The average Bonchev–Trinajstić information content (AvgIpc) is 3.53. The van der Waals surface area contributed by atoms with E-state index in [1.165, 1.54) is 43.9 Å². The highest BCUT2D eigenvalue weighted by Crippen LogP contribution is 2.44. The number of hydrogen-bond donors (Lipinski definition) is 4. The Morgan fingerprint density at radius 1 is 1.00 bits per heavy atom. The number of fused-ring (bicyclic) bond motifs is 1. The average molecular weight is 732 g/mol. The lowest BCUT2D eigenvalue weighted by atomic mass is 9.92. The van der Waals surface area contributed by atoms with E-state index in [1.807, 2.05) is 26.8 Å². The molecule has 0 bridgehead atoms. The van der Waals surface area contributed by atoms with Gasteiger partial charge in [0.15, 0.2) is 21.3 Å². The minimum Gasteiger partial charge on any atom is -0.490 e. The predicted molar refractivity (Wildman–Crippen MR) is 199 cm³/mol. The van der Waals surface area contributed by atoms with E-state index in [0.717, 1.165) is 10.8 Å². The molecule has 0 aliphatic carbocycles. The van der Waals surface area contributed by atoms with Crippen molar-refractivity contribution in [2.75, 3.05) is 29.5 Å². The number of carbonyl (C=O) groups is 3. The van der Waals surface area contributed by atoms with Crippen LogP contribution in [0.1, 0.15) is 71.2 Å². The summed E-state index contributed by atoms with van der Waals surface area (Å²) in [6.45, 7) is 10.3. The van der Waals surface area contributed by atoms with Crippen LogP contribution < -0.4 is 25.8 Å². The number of hydrogen-bond acceptors (Lipinski definition) is 10. The number of carbonyl (C=O) groups excluding carboxylic acids is 2. The Hall–Kier alpha value is -5.37. The molecule has 0 spiro atoms. The fourth-order valence-corrected chi connectivity index (χ4v) is 7.77. The molecule has 276 valence electrons. The number of carboxylic acids is 1. The van der Waals surface area contributed by atoms with Gasteiger partial charge >= 0.3 is 5.97 Å². The van der Waals surface area contributed by atoms with Crippen molar-refractivity contribution in [2.24, 2.45) is 5.92 Å². The van der Waals surface area contributed by atoms with E-state index in [2.05, 4.69) is 15.6 Å². The van der Waals surface area contributed by atoms with Crippen LogP contribution >= 0.6 is 0 Å². The van der Waals surface area contributed by atoms with Crippen LogP contribution in [-0.4, -0.2) is 65.7 Å². The lowest BCUT2D eigenvalue weighted by Gasteiger charge is -2.33. The first kappa shape index (κ1) is 37.9. The third-order valence-corrected chi connectivity index (χ3v) is 11.1. The van der Waals surface area contributed by atoms with Gasteiger partial charge in [-0.1, -0.05) is 6.07 Å². The maximum absolute atomic E-state index is 15.1. The number of aromatic nitrogens is 1. The number of amides is 2. The van der Waals surface area contributed by atoms with Crippen molar-refractivity contribution in [3.63, 3.8) is 0 Å². The van der Waals surface area contributed by atoms with Gasteiger partial charge in [-0.05, 0) is 112 Å². The number of aliphatic carboxylic acids is 1. The Morgan fingerprint density at radius 2 is 1.73 bits per heavy atom. The van der Waals surface area contributed by atoms with Crippen molar-refractivity contribution in [1.82, 2.24) is 9.88 Å². The van der Waals surface area contributed by atoms with Gasteiger partial charge in [0.2, 0.25) is 11.8 Å². The summed E-state index contributed by atoms with van der Waals surface area (Å²) in [4.78, 5) is 45.4. The molecule has 3 aromatic carbocycles. The lowest BCUT2D eigenvalue weighted by molar-refractivity contribution is -0.143. The molecule has 4 aromatic rings. The standard InChI is InChI=1S/C38H45N5O8S/c1-7-50-32-19-25(8-12-31(32)51-21(2)3)34(42-26-9-11-28-24(18-26)14-16-40-36(28)39)37(45)43-17-15-29(38(46)47)35(43)30-20-27(41-23(6)44)10-13-33(30)52(48,49)22(4)5/h8-14,16,18-22,29,34-35,42H,7,15,17H2,1-6H3,(H2,39,40)(H,41,44)(H,46,47)/t29-,34?,35-/m0/s1. The Bertz CT molecular complexity index is 2100. The summed E-state index contributed by atoms with van der Waals surface area (Å²) in [5, 5.41) is 17.1. The minimum atomic E-state index is -3.97. The zero-order chi connectivity index (χ0) is 37.9. The van der Waals surface area contributed by atoms with Gasteiger partial charge in [0.25, 0.3) is 0 Å². The number of benzene rings is 3. The van der Waals surface area contributed by atoms with Gasteiger partial charge in [0.1, 0.15) is 11.9 Å². The highest BCUT2D eigenvalue weighted by Gasteiger charge is 2.46. The van der Waals surface area contributed by atoms with Crippen LogP contribution in [0.2, 0.25) is 0 Å². The minimum absolute atomic E-state index is 0.0248. The second-order valence-electron chi connectivity index (χ2n) is 13.3. The number of nitrogens with two attached hydrogens (primary N) is 1. The Kier molecular flexibility index (Phi) is 11.3. The van der Waals surface area contributed by atoms with Crippen LogP contribution in [0, 0.1) is 5.92 Å². The number of carboxylic acid groups (broad SMARTS) is 1. The number of rotatable bonds is 13. The Balaban J connectivity index is 1.68. The maximum atomic E-state index is 15.1. The number of likely N-dealkylation sites (tertiary alicyclic amines) is 1. The second kappa shape index (κ2) is 15.5. The molecular weight excluding hydrogens is 687 g/mol. The molecule has 14 heteroatoms. The molecule has 1 saturated heterocycles. The summed E-state index contributed by atoms with van der Waals surface area (Å²) in [6.07, 6.45) is 1.51. The zero-order valence-corrected chi connectivity index (χ0v) is 30.9.